The molecule has 0 saturated carbocycles. The molecule has 0 radical (unpaired) electrons. The van der Waals surface area contributed by atoms with Crippen LogP contribution in [0.2, 0.25) is 0 Å². The van der Waals surface area contributed by atoms with Gasteiger partial charge in [-0.25, -0.2) is 9.78 Å². The highest BCUT2D eigenvalue weighted by molar-refractivity contribution is 9.11. The number of rotatable bonds is 2. The molecule has 1 fully saturated rings. The van der Waals surface area contributed by atoms with E-state index in [9.17, 15) is 4.79 Å². The minimum atomic E-state index is -0.901. The van der Waals surface area contributed by atoms with Gasteiger partial charge in [-0.3, -0.25) is 0 Å². The summed E-state index contributed by atoms with van der Waals surface area (Å²) in [5.41, 5.74) is 2.21. The number of aromatic carboxylic acids is 1. The summed E-state index contributed by atoms with van der Waals surface area (Å²) in [4.78, 5) is 15.6. The smallest absolute Gasteiger partial charge is 0.335 e. The quantitative estimate of drug-likeness (QED) is 0.919. The number of halogens is 1. The van der Waals surface area contributed by atoms with Gasteiger partial charge >= 0.3 is 5.97 Å². The molecule has 0 spiro atoms. The zero-order chi connectivity index (χ0) is 12.7. The molecule has 4 nitrogen and oxygen atoms in total. The van der Waals surface area contributed by atoms with Crippen molar-refractivity contribution in [2.45, 2.75) is 12.3 Å². The molecule has 1 saturated heterocycles. The van der Waals surface area contributed by atoms with Gasteiger partial charge in [0.25, 0.3) is 0 Å². The van der Waals surface area contributed by atoms with Crippen LogP contribution < -0.4 is 0 Å². The largest absolute Gasteiger partial charge is 0.478 e. The molecule has 1 atom stereocenters. The molecule has 3 rings (SSSR count). The number of carboxylic acids is 1. The van der Waals surface area contributed by atoms with Crippen LogP contribution in [0.3, 0.4) is 0 Å². The first-order chi connectivity index (χ1) is 8.65. The molecule has 0 unspecified atom stereocenters. The Balaban J connectivity index is 2.22. The van der Waals surface area contributed by atoms with E-state index >= 15 is 0 Å². The lowest BCUT2D eigenvalue weighted by molar-refractivity contribution is 0.0697. The first kappa shape index (κ1) is 12.1. The number of carbonyl (C=O) groups is 1. The first-order valence-corrected chi connectivity index (χ1v) is 7.17. The molecule has 2 aromatic rings. The highest BCUT2D eigenvalue weighted by Crippen LogP contribution is 2.36. The second-order valence-corrected chi connectivity index (χ2v) is 6.55. The lowest BCUT2D eigenvalue weighted by Crippen LogP contribution is -2.03. The molecule has 1 aromatic heterocycles. The third kappa shape index (κ3) is 2.04. The Bertz CT molecular complexity index is 619. The van der Waals surface area contributed by atoms with Gasteiger partial charge in [-0.1, -0.05) is 0 Å². The van der Waals surface area contributed by atoms with Crippen molar-refractivity contribution in [3.63, 3.8) is 0 Å². The van der Waals surface area contributed by atoms with Crippen LogP contribution in [-0.4, -0.2) is 29.3 Å². The zero-order valence-electron chi connectivity index (χ0n) is 9.35. The highest BCUT2D eigenvalue weighted by atomic mass is 79.9. The second-order valence-electron chi connectivity index (χ2n) is 4.24. The first-order valence-electron chi connectivity index (χ1n) is 5.56. The van der Waals surface area contributed by atoms with Gasteiger partial charge in [0.1, 0.15) is 0 Å². The van der Waals surface area contributed by atoms with Crippen LogP contribution in [0.15, 0.2) is 16.0 Å². The summed E-state index contributed by atoms with van der Waals surface area (Å²) in [6, 6.07) is 3.41. The molecule has 1 aromatic carbocycles. The average Bonchev–Trinajstić information content (AvgIpc) is 2.94. The monoisotopic (exact) mass is 327 g/mol. The number of fused-ring (bicyclic) bond motifs is 1. The molecular formula is C12H10BrNO3S. The van der Waals surface area contributed by atoms with E-state index < -0.39 is 5.97 Å². The highest BCUT2D eigenvalue weighted by Gasteiger charge is 2.23. The van der Waals surface area contributed by atoms with Crippen molar-refractivity contribution < 1.29 is 14.6 Å². The zero-order valence-corrected chi connectivity index (χ0v) is 11.8. The summed E-state index contributed by atoms with van der Waals surface area (Å²) in [6.45, 7) is 1.38. The summed E-state index contributed by atoms with van der Waals surface area (Å²) in [7, 11) is 0. The third-order valence-electron chi connectivity index (χ3n) is 3.11. The molecule has 94 valence electrons. The lowest BCUT2D eigenvalue weighted by Gasteiger charge is -2.09. The van der Waals surface area contributed by atoms with Crippen LogP contribution in [-0.2, 0) is 4.74 Å². The number of benzene rings is 1. The summed E-state index contributed by atoms with van der Waals surface area (Å²) in [5, 5.41) is 9.16. The van der Waals surface area contributed by atoms with Crippen molar-refractivity contribution in [2.24, 2.45) is 0 Å². The summed E-state index contributed by atoms with van der Waals surface area (Å²) >= 11 is 4.82. The van der Waals surface area contributed by atoms with Crippen molar-refractivity contribution in [3.05, 3.63) is 27.2 Å². The minimum absolute atomic E-state index is 0.251. The Hall–Kier alpha value is -0.980. The maximum Gasteiger partial charge on any atom is 0.335 e. The van der Waals surface area contributed by atoms with E-state index in [1.165, 1.54) is 11.3 Å². The Morgan fingerprint density at radius 2 is 2.39 bits per heavy atom. The Kier molecular flexibility index (Phi) is 3.09. The number of ether oxygens (including phenoxy) is 1. The minimum Gasteiger partial charge on any atom is -0.478 e. The molecule has 18 heavy (non-hydrogen) atoms. The SMILES string of the molecule is O=C(O)c1cc([C@H]2CCOC2)c2nc(Br)sc2c1. The predicted octanol–water partition coefficient (Wildman–Crippen LogP) is 3.26. The molecule has 6 heteroatoms. The Morgan fingerprint density at radius 3 is 3.06 bits per heavy atom. The number of thiazole rings is 1. The van der Waals surface area contributed by atoms with E-state index in [2.05, 4.69) is 20.9 Å². The standard InChI is InChI=1S/C12H10BrNO3S/c13-12-14-10-8(6-1-2-17-5-6)3-7(11(15)16)4-9(10)18-12/h3-4,6H,1-2,5H2,(H,15,16)/t6-/m0/s1. The number of hydrogen-bond donors (Lipinski definition) is 1. The number of hydrogen-bond acceptors (Lipinski definition) is 4. The van der Waals surface area contributed by atoms with Gasteiger partial charge in [0.05, 0.1) is 22.4 Å². The summed E-state index contributed by atoms with van der Waals surface area (Å²) in [6.07, 6.45) is 0.924. The van der Waals surface area contributed by atoms with E-state index in [0.717, 1.165) is 32.7 Å². The van der Waals surface area contributed by atoms with Gasteiger partial charge < -0.3 is 9.84 Å². The molecule has 2 heterocycles. The van der Waals surface area contributed by atoms with E-state index in [4.69, 9.17) is 9.84 Å². The topological polar surface area (TPSA) is 59.4 Å². The predicted molar refractivity (Wildman–Crippen MR) is 72.5 cm³/mol. The van der Waals surface area contributed by atoms with Gasteiger partial charge in [-0.05, 0) is 40.0 Å². The van der Waals surface area contributed by atoms with Crippen LogP contribution in [0.25, 0.3) is 10.2 Å². The average molecular weight is 328 g/mol. The van der Waals surface area contributed by atoms with Gasteiger partial charge in [-0.15, -0.1) is 11.3 Å². The van der Waals surface area contributed by atoms with Crippen LogP contribution in [0.1, 0.15) is 28.3 Å². The second kappa shape index (κ2) is 4.60. The van der Waals surface area contributed by atoms with Crippen LogP contribution in [0, 0.1) is 0 Å². The Labute approximate surface area is 116 Å². The fraction of sp³-hybridized carbons (Fsp3) is 0.333. The number of aromatic nitrogens is 1. The Morgan fingerprint density at radius 1 is 1.56 bits per heavy atom. The van der Waals surface area contributed by atoms with Crippen molar-refractivity contribution in [1.29, 1.82) is 0 Å². The third-order valence-corrected chi connectivity index (χ3v) is 4.57. The maximum atomic E-state index is 11.2. The fourth-order valence-electron chi connectivity index (χ4n) is 2.24. The van der Waals surface area contributed by atoms with Gasteiger partial charge in [-0.2, -0.15) is 0 Å². The molecule has 0 aliphatic carbocycles. The molecular weight excluding hydrogens is 318 g/mol. The van der Waals surface area contributed by atoms with Crippen molar-refractivity contribution in [3.8, 4) is 0 Å². The van der Waals surface area contributed by atoms with Crippen molar-refractivity contribution >= 4 is 43.5 Å². The molecule has 0 bridgehead atoms. The number of nitrogens with zero attached hydrogens (tertiary/aromatic N) is 1. The van der Waals surface area contributed by atoms with Crippen molar-refractivity contribution in [2.75, 3.05) is 13.2 Å². The van der Waals surface area contributed by atoms with Gasteiger partial charge in [0.15, 0.2) is 3.92 Å². The van der Waals surface area contributed by atoms with Gasteiger partial charge in [0.2, 0.25) is 0 Å². The lowest BCUT2D eigenvalue weighted by atomic mass is 9.95. The van der Waals surface area contributed by atoms with Gasteiger partial charge in [0, 0.05) is 12.5 Å². The molecule has 0 amide bonds. The summed E-state index contributed by atoms with van der Waals surface area (Å²) < 4.78 is 7.07. The summed E-state index contributed by atoms with van der Waals surface area (Å²) in [5.74, 6) is -0.651. The normalized spacial score (nSPS) is 19.5. The van der Waals surface area contributed by atoms with Crippen LogP contribution in [0.4, 0.5) is 0 Å². The van der Waals surface area contributed by atoms with Crippen molar-refractivity contribution in [1.82, 2.24) is 4.98 Å². The van der Waals surface area contributed by atoms with E-state index in [-0.39, 0.29) is 5.92 Å². The molecule has 1 N–H and O–H groups in total. The molecule has 1 aliphatic heterocycles. The maximum absolute atomic E-state index is 11.2. The fourth-order valence-corrected chi connectivity index (χ4v) is 3.71. The molecule has 1 aliphatic rings. The van der Waals surface area contributed by atoms with E-state index in [1.807, 2.05) is 0 Å². The van der Waals surface area contributed by atoms with E-state index in [0.29, 0.717) is 12.2 Å². The van der Waals surface area contributed by atoms with Crippen LogP contribution in [0.5, 0.6) is 0 Å². The van der Waals surface area contributed by atoms with E-state index in [1.54, 1.807) is 12.1 Å². The number of carboxylic acid groups (broad SMARTS) is 1. The van der Waals surface area contributed by atoms with Crippen LogP contribution >= 0.6 is 27.3 Å².